The molecule has 108 valence electrons. The third kappa shape index (κ3) is 2.22. The SMILES string of the molecule is CNC[C@H]1CCN(C(=O)C2(c3ccccc3F)CC2)C1. The van der Waals surface area contributed by atoms with Crippen molar-refractivity contribution in [2.45, 2.75) is 24.7 Å². The van der Waals surface area contributed by atoms with Crippen LogP contribution in [0.5, 0.6) is 0 Å². The highest BCUT2D eigenvalue weighted by Crippen LogP contribution is 2.50. The van der Waals surface area contributed by atoms with Gasteiger partial charge in [0.2, 0.25) is 5.91 Å². The summed E-state index contributed by atoms with van der Waals surface area (Å²) in [5.74, 6) is 0.408. The fourth-order valence-electron chi connectivity index (χ4n) is 3.35. The van der Waals surface area contributed by atoms with E-state index in [0.717, 1.165) is 38.9 Å². The molecule has 1 amide bonds. The molecule has 2 aliphatic rings. The summed E-state index contributed by atoms with van der Waals surface area (Å²) in [7, 11) is 1.94. The van der Waals surface area contributed by atoms with Gasteiger partial charge in [0.15, 0.2) is 0 Å². The van der Waals surface area contributed by atoms with Crippen molar-refractivity contribution in [2.75, 3.05) is 26.7 Å². The second-order valence-electron chi connectivity index (χ2n) is 6.03. The number of hydrogen-bond acceptors (Lipinski definition) is 2. The quantitative estimate of drug-likeness (QED) is 0.911. The molecule has 0 unspecified atom stereocenters. The largest absolute Gasteiger partial charge is 0.342 e. The van der Waals surface area contributed by atoms with Crippen molar-refractivity contribution in [3.63, 3.8) is 0 Å². The number of nitrogens with zero attached hydrogens (tertiary/aromatic N) is 1. The van der Waals surface area contributed by atoms with Crippen LogP contribution < -0.4 is 5.32 Å². The molecule has 3 rings (SSSR count). The van der Waals surface area contributed by atoms with Gasteiger partial charge >= 0.3 is 0 Å². The first-order chi connectivity index (χ1) is 9.67. The molecule has 1 aliphatic heterocycles. The van der Waals surface area contributed by atoms with Gasteiger partial charge in [-0.1, -0.05) is 18.2 Å². The molecule has 0 aromatic heterocycles. The van der Waals surface area contributed by atoms with Crippen molar-refractivity contribution in [1.82, 2.24) is 10.2 Å². The topological polar surface area (TPSA) is 32.3 Å². The van der Waals surface area contributed by atoms with Gasteiger partial charge in [-0.05, 0) is 44.8 Å². The number of nitrogens with one attached hydrogen (secondary N) is 1. The van der Waals surface area contributed by atoms with Gasteiger partial charge in [0.25, 0.3) is 0 Å². The summed E-state index contributed by atoms with van der Waals surface area (Å²) in [4.78, 5) is 14.7. The zero-order valence-electron chi connectivity index (χ0n) is 11.9. The Morgan fingerprint density at radius 1 is 1.45 bits per heavy atom. The Hall–Kier alpha value is -1.42. The lowest BCUT2D eigenvalue weighted by Crippen LogP contribution is -2.38. The maximum absolute atomic E-state index is 14.0. The van der Waals surface area contributed by atoms with Crippen molar-refractivity contribution in [3.8, 4) is 0 Å². The molecular weight excluding hydrogens is 255 g/mol. The Labute approximate surface area is 119 Å². The third-order valence-corrected chi connectivity index (χ3v) is 4.61. The van der Waals surface area contributed by atoms with Gasteiger partial charge < -0.3 is 10.2 Å². The minimum atomic E-state index is -0.570. The second kappa shape index (κ2) is 5.17. The van der Waals surface area contributed by atoms with Gasteiger partial charge in [0.05, 0.1) is 5.41 Å². The van der Waals surface area contributed by atoms with E-state index >= 15 is 0 Å². The molecule has 2 fully saturated rings. The van der Waals surface area contributed by atoms with Crippen LogP contribution in [0.3, 0.4) is 0 Å². The minimum Gasteiger partial charge on any atom is -0.342 e. The third-order valence-electron chi connectivity index (χ3n) is 4.61. The van der Waals surface area contributed by atoms with E-state index in [1.54, 1.807) is 12.1 Å². The first-order valence-corrected chi connectivity index (χ1v) is 7.36. The lowest BCUT2D eigenvalue weighted by atomic mass is 9.94. The highest BCUT2D eigenvalue weighted by molar-refractivity contribution is 5.91. The highest BCUT2D eigenvalue weighted by Gasteiger charge is 2.54. The maximum Gasteiger partial charge on any atom is 0.233 e. The normalized spacial score (nSPS) is 23.9. The van der Waals surface area contributed by atoms with Crippen LogP contribution in [0.25, 0.3) is 0 Å². The average Bonchev–Trinajstić information content (AvgIpc) is 3.12. The summed E-state index contributed by atoms with van der Waals surface area (Å²) in [5.41, 5.74) is 0.0157. The van der Waals surface area contributed by atoms with E-state index in [4.69, 9.17) is 0 Å². The molecule has 1 aliphatic carbocycles. The number of carbonyl (C=O) groups is 1. The number of halogens is 1. The van der Waals surface area contributed by atoms with Crippen LogP contribution in [0.2, 0.25) is 0 Å². The summed E-state index contributed by atoms with van der Waals surface area (Å²) >= 11 is 0. The standard InChI is InChI=1S/C16H21FN2O/c1-18-10-12-6-9-19(11-12)15(20)16(7-8-16)13-4-2-3-5-14(13)17/h2-5,12,18H,6-11H2,1H3/t12-/m1/s1. The number of hydrogen-bond donors (Lipinski definition) is 1. The molecule has 1 heterocycles. The summed E-state index contributed by atoms with van der Waals surface area (Å²) in [6.07, 6.45) is 2.60. The predicted molar refractivity (Wildman–Crippen MR) is 75.9 cm³/mol. The van der Waals surface area contributed by atoms with Crippen molar-refractivity contribution in [3.05, 3.63) is 35.6 Å². The van der Waals surface area contributed by atoms with Crippen LogP contribution >= 0.6 is 0 Å². The first kappa shape index (κ1) is 13.6. The fraction of sp³-hybridized carbons (Fsp3) is 0.562. The van der Waals surface area contributed by atoms with E-state index in [9.17, 15) is 9.18 Å². The van der Waals surface area contributed by atoms with Crippen LogP contribution in [0.15, 0.2) is 24.3 Å². The molecule has 1 saturated carbocycles. The Bertz CT molecular complexity index is 513. The molecule has 1 aromatic carbocycles. The van der Waals surface area contributed by atoms with Crippen LogP contribution in [0, 0.1) is 11.7 Å². The Balaban J connectivity index is 1.76. The molecule has 0 spiro atoms. The van der Waals surface area contributed by atoms with Crippen LogP contribution in [0.1, 0.15) is 24.8 Å². The molecule has 0 radical (unpaired) electrons. The summed E-state index contributed by atoms with van der Waals surface area (Å²) in [6.45, 7) is 2.55. The van der Waals surface area contributed by atoms with Gasteiger partial charge in [0, 0.05) is 18.7 Å². The first-order valence-electron chi connectivity index (χ1n) is 7.36. The molecule has 1 atom stereocenters. The molecule has 3 nitrogen and oxygen atoms in total. The van der Waals surface area contributed by atoms with Crippen molar-refractivity contribution >= 4 is 5.91 Å². The molecule has 4 heteroatoms. The monoisotopic (exact) mass is 276 g/mol. The zero-order valence-corrected chi connectivity index (χ0v) is 11.9. The van der Waals surface area contributed by atoms with Gasteiger partial charge in [-0.15, -0.1) is 0 Å². The smallest absolute Gasteiger partial charge is 0.233 e. The summed E-state index contributed by atoms with van der Waals surface area (Å²) in [6, 6.07) is 6.72. The molecule has 1 aromatic rings. The Morgan fingerprint density at radius 3 is 2.85 bits per heavy atom. The number of likely N-dealkylation sites (tertiary alicyclic amines) is 1. The van der Waals surface area contributed by atoms with E-state index in [1.807, 2.05) is 18.0 Å². The molecule has 1 N–H and O–H groups in total. The van der Waals surface area contributed by atoms with Crippen molar-refractivity contribution < 1.29 is 9.18 Å². The van der Waals surface area contributed by atoms with Crippen molar-refractivity contribution in [1.29, 1.82) is 0 Å². The second-order valence-corrected chi connectivity index (χ2v) is 6.03. The van der Waals surface area contributed by atoms with E-state index in [0.29, 0.717) is 11.5 Å². The van der Waals surface area contributed by atoms with Crippen molar-refractivity contribution in [2.24, 2.45) is 5.92 Å². The van der Waals surface area contributed by atoms with Gasteiger partial charge in [-0.2, -0.15) is 0 Å². The lowest BCUT2D eigenvalue weighted by Gasteiger charge is -2.24. The highest BCUT2D eigenvalue weighted by atomic mass is 19.1. The summed E-state index contributed by atoms with van der Waals surface area (Å²) < 4.78 is 14.0. The van der Waals surface area contributed by atoms with Gasteiger partial charge in [0.1, 0.15) is 5.82 Å². The van der Waals surface area contributed by atoms with E-state index in [-0.39, 0.29) is 11.7 Å². The van der Waals surface area contributed by atoms with Crippen LogP contribution in [0.4, 0.5) is 4.39 Å². The number of rotatable bonds is 4. The maximum atomic E-state index is 14.0. The predicted octanol–water partition coefficient (Wildman–Crippen LogP) is 1.93. The Morgan fingerprint density at radius 2 is 2.20 bits per heavy atom. The lowest BCUT2D eigenvalue weighted by molar-refractivity contribution is -0.133. The number of amides is 1. The molecular formula is C16H21FN2O. The van der Waals surface area contributed by atoms with Crippen LogP contribution in [-0.4, -0.2) is 37.5 Å². The number of benzene rings is 1. The molecule has 1 saturated heterocycles. The fourth-order valence-corrected chi connectivity index (χ4v) is 3.35. The summed E-state index contributed by atoms with van der Waals surface area (Å²) in [5, 5.41) is 3.17. The van der Waals surface area contributed by atoms with Gasteiger partial charge in [-0.25, -0.2) is 4.39 Å². The minimum absolute atomic E-state index is 0.126. The van der Waals surface area contributed by atoms with E-state index in [1.165, 1.54) is 6.07 Å². The van der Waals surface area contributed by atoms with Gasteiger partial charge in [-0.3, -0.25) is 4.79 Å². The number of carbonyl (C=O) groups excluding carboxylic acids is 1. The molecule has 20 heavy (non-hydrogen) atoms. The molecule has 0 bridgehead atoms. The van der Waals surface area contributed by atoms with E-state index < -0.39 is 5.41 Å². The van der Waals surface area contributed by atoms with Crippen LogP contribution in [-0.2, 0) is 10.2 Å². The Kier molecular flexibility index (Phi) is 3.50. The average molecular weight is 276 g/mol. The van der Waals surface area contributed by atoms with E-state index in [2.05, 4.69) is 5.32 Å². The zero-order chi connectivity index (χ0) is 14.2.